The Hall–Kier alpha value is -2.96. The van der Waals surface area contributed by atoms with Gasteiger partial charge in [0.1, 0.15) is 11.5 Å². The van der Waals surface area contributed by atoms with Crippen molar-refractivity contribution in [3.05, 3.63) is 48.9 Å². The van der Waals surface area contributed by atoms with Crippen LogP contribution in [0.3, 0.4) is 0 Å². The van der Waals surface area contributed by atoms with Crippen LogP contribution < -0.4 is 10.3 Å². The lowest BCUT2D eigenvalue weighted by atomic mass is 10.3. The third-order valence-corrected chi connectivity index (χ3v) is 3.12. The molecule has 0 saturated carbocycles. The highest BCUT2D eigenvalue weighted by atomic mass is 15.3. The lowest BCUT2D eigenvalue weighted by Gasteiger charge is -2.00. The number of aromatic nitrogens is 4. The molecular formula is C14H16N7+. The summed E-state index contributed by atoms with van der Waals surface area (Å²) in [7, 11) is 3.86. The molecule has 2 aromatic heterocycles. The molecule has 0 spiro atoms. The van der Waals surface area contributed by atoms with Crippen LogP contribution in [0.2, 0.25) is 0 Å². The van der Waals surface area contributed by atoms with Gasteiger partial charge in [0.05, 0.1) is 32.2 Å². The number of hydrogen-bond donors (Lipinski definition) is 1. The van der Waals surface area contributed by atoms with Gasteiger partial charge in [-0.05, 0) is 24.3 Å². The summed E-state index contributed by atoms with van der Waals surface area (Å²) in [5, 5.41) is 12.6. The number of nitrogens with zero attached hydrogens (tertiary/aromatic N) is 6. The first-order valence-electron chi connectivity index (χ1n) is 6.48. The Bertz CT molecular complexity index is 761. The molecule has 3 rings (SSSR count). The Balaban J connectivity index is 1.82. The molecule has 0 aliphatic rings. The molecule has 2 N–H and O–H groups in total. The van der Waals surface area contributed by atoms with Crippen LogP contribution in [0.15, 0.2) is 59.2 Å². The topological polar surface area (TPSA) is 77.4 Å². The quantitative estimate of drug-likeness (QED) is 0.589. The number of aryl methyl sites for hydroxylation is 2. The molecule has 7 nitrogen and oxygen atoms in total. The number of imidazole rings is 1. The smallest absolute Gasteiger partial charge is 0.382 e. The third-order valence-electron chi connectivity index (χ3n) is 3.12. The fourth-order valence-corrected chi connectivity index (χ4v) is 1.98. The van der Waals surface area contributed by atoms with E-state index in [1.54, 1.807) is 10.7 Å². The van der Waals surface area contributed by atoms with Crippen LogP contribution in [-0.2, 0) is 14.1 Å². The minimum Gasteiger partial charge on any atom is -0.382 e. The zero-order valence-corrected chi connectivity index (χ0v) is 11.9. The highest BCUT2D eigenvalue weighted by molar-refractivity contribution is 5.44. The fourth-order valence-electron chi connectivity index (χ4n) is 1.98. The minimum atomic E-state index is 0.495. The maximum Gasteiger partial charge on any atom is 0.421 e. The largest absolute Gasteiger partial charge is 0.421 e. The summed E-state index contributed by atoms with van der Waals surface area (Å²) < 4.78 is 5.53. The molecule has 106 valence electrons. The SMILES string of the molecule is Cn1cc[n+](C)c1N=Nc1ccc(-n2ccc(N)n2)cc1. The maximum atomic E-state index is 5.61. The second kappa shape index (κ2) is 5.20. The minimum absolute atomic E-state index is 0.495. The van der Waals surface area contributed by atoms with E-state index in [9.17, 15) is 0 Å². The second-order valence-electron chi connectivity index (χ2n) is 4.72. The van der Waals surface area contributed by atoms with Crippen molar-refractivity contribution in [1.82, 2.24) is 14.3 Å². The molecule has 7 heteroatoms. The van der Waals surface area contributed by atoms with Gasteiger partial charge < -0.3 is 5.73 Å². The average molecular weight is 282 g/mol. The van der Waals surface area contributed by atoms with Crippen molar-refractivity contribution in [2.45, 2.75) is 0 Å². The van der Waals surface area contributed by atoms with E-state index in [0.717, 1.165) is 17.3 Å². The Morgan fingerprint density at radius 3 is 2.43 bits per heavy atom. The normalized spacial score (nSPS) is 11.3. The number of hydrogen-bond acceptors (Lipinski definition) is 4. The summed E-state index contributed by atoms with van der Waals surface area (Å²) in [5.74, 6) is 1.27. The number of nitrogen functional groups attached to an aromatic ring is 1. The first-order valence-corrected chi connectivity index (χ1v) is 6.48. The van der Waals surface area contributed by atoms with Crippen molar-refractivity contribution in [2.24, 2.45) is 24.3 Å². The number of nitrogens with two attached hydrogens (primary N) is 1. The highest BCUT2D eigenvalue weighted by Gasteiger charge is 2.10. The average Bonchev–Trinajstić information content (AvgIpc) is 3.05. The van der Waals surface area contributed by atoms with E-state index in [2.05, 4.69) is 15.3 Å². The molecular weight excluding hydrogens is 266 g/mol. The summed E-state index contributed by atoms with van der Waals surface area (Å²) in [4.78, 5) is 0. The zero-order valence-electron chi connectivity index (χ0n) is 11.9. The fraction of sp³-hybridized carbons (Fsp3) is 0.143. The predicted octanol–water partition coefficient (Wildman–Crippen LogP) is 2.03. The van der Waals surface area contributed by atoms with Gasteiger partial charge in [-0.2, -0.15) is 5.10 Å². The van der Waals surface area contributed by atoms with Gasteiger partial charge in [-0.1, -0.05) is 5.11 Å². The van der Waals surface area contributed by atoms with Crippen LogP contribution in [0.4, 0.5) is 17.5 Å². The van der Waals surface area contributed by atoms with E-state index in [4.69, 9.17) is 5.73 Å². The highest BCUT2D eigenvalue weighted by Crippen LogP contribution is 2.18. The maximum absolute atomic E-state index is 5.61. The van der Waals surface area contributed by atoms with Crippen LogP contribution in [0, 0.1) is 0 Å². The first kappa shape index (κ1) is 13.0. The van der Waals surface area contributed by atoms with Crippen LogP contribution in [-0.4, -0.2) is 14.3 Å². The molecule has 0 bridgehead atoms. The van der Waals surface area contributed by atoms with Crippen molar-refractivity contribution in [1.29, 1.82) is 0 Å². The number of benzene rings is 1. The lowest BCUT2D eigenvalue weighted by molar-refractivity contribution is -0.657. The molecule has 0 saturated heterocycles. The van der Waals surface area contributed by atoms with E-state index >= 15 is 0 Å². The molecule has 0 unspecified atom stereocenters. The van der Waals surface area contributed by atoms with Gasteiger partial charge in [-0.3, -0.25) is 0 Å². The van der Waals surface area contributed by atoms with Gasteiger partial charge in [-0.15, -0.1) is 0 Å². The van der Waals surface area contributed by atoms with Gasteiger partial charge in [0.2, 0.25) is 0 Å². The molecule has 0 radical (unpaired) electrons. The molecule has 0 fully saturated rings. The van der Waals surface area contributed by atoms with Crippen molar-refractivity contribution < 1.29 is 4.57 Å². The summed E-state index contributed by atoms with van der Waals surface area (Å²) in [6, 6.07) is 9.37. The molecule has 1 aromatic carbocycles. The molecule has 0 amide bonds. The van der Waals surface area contributed by atoms with Crippen LogP contribution in [0.25, 0.3) is 5.69 Å². The second-order valence-corrected chi connectivity index (χ2v) is 4.72. The number of rotatable bonds is 3. The molecule has 0 aliphatic heterocycles. The van der Waals surface area contributed by atoms with E-state index in [1.165, 1.54) is 0 Å². The van der Waals surface area contributed by atoms with Gasteiger partial charge in [-0.25, -0.2) is 13.8 Å². The standard InChI is InChI=1S/C14H16N7/c1-19-9-10-20(2)14(19)17-16-11-3-5-12(6-4-11)21-8-7-13(15)18-21/h3-10H,1-2H3,(H2,15,18)/q+1. The lowest BCUT2D eigenvalue weighted by Crippen LogP contribution is -2.25. The van der Waals surface area contributed by atoms with E-state index in [1.807, 2.05) is 66.1 Å². The van der Waals surface area contributed by atoms with Gasteiger partial charge in [0.15, 0.2) is 0 Å². The number of anilines is 1. The molecule has 21 heavy (non-hydrogen) atoms. The monoisotopic (exact) mass is 282 g/mol. The summed E-state index contributed by atoms with van der Waals surface area (Å²) in [6.07, 6.45) is 5.68. The van der Waals surface area contributed by atoms with Crippen molar-refractivity contribution in [3.8, 4) is 5.69 Å². The summed E-state index contributed by atoms with van der Waals surface area (Å²) in [6.45, 7) is 0. The Morgan fingerprint density at radius 2 is 1.86 bits per heavy atom. The van der Waals surface area contributed by atoms with Crippen molar-refractivity contribution in [2.75, 3.05) is 5.73 Å². The van der Waals surface area contributed by atoms with Gasteiger partial charge in [0, 0.05) is 17.4 Å². The number of azo groups is 1. The predicted molar refractivity (Wildman–Crippen MR) is 78.7 cm³/mol. The Labute approximate surface area is 122 Å². The third kappa shape index (κ3) is 2.66. The Kier molecular flexibility index (Phi) is 3.23. The summed E-state index contributed by atoms with van der Waals surface area (Å²) in [5.41, 5.74) is 7.31. The van der Waals surface area contributed by atoms with Gasteiger partial charge in [0.25, 0.3) is 0 Å². The van der Waals surface area contributed by atoms with Gasteiger partial charge >= 0.3 is 5.95 Å². The molecule has 0 atom stereocenters. The zero-order chi connectivity index (χ0) is 14.8. The van der Waals surface area contributed by atoms with Crippen LogP contribution >= 0.6 is 0 Å². The van der Waals surface area contributed by atoms with Crippen LogP contribution in [0.5, 0.6) is 0 Å². The molecule has 2 heterocycles. The van der Waals surface area contributed by atoms with Crippen molar-refractivity contribution >= 4 is 17.5 Å². The van der Waals surface area contributed by atoms with Crippen molar-refractivity contribution in [3.63, 3.8) is 0 Å². The first-order chi connectivity index (χ1) is 10.1. The van der Waals surface area contributed by atoms with E-state index < -0.39 is 0 Å². The molecule has 0 aliphatic carbocycles. The Morgan fingerprint density at radius 1 is 1.10 bits per heavy atom. The van der Waals surface area contributed by atoms with E-state index in [-0.39, 0.29) is 0 Å². The molecule has 3 aromatic rings. The summed E-state index contributed by atoms with van der Waals surface area (Å²) >= 11 is 0. The van der Waals surface area contributed by atoms with E-state index in [0.29, 0.717) is 5.82 Å². The van der Waals surface area contributed by atoms with Crippen LogP contribution in [0.1, 0.15) is 0 Å².